The summed E-state index contributed by atoms with van der Waals surface area (Å²) in [7, 11) is 0. The van der Waals surface area contributed by atoms with Gasteiger partial charge in [-0.25, -0.2) is 9.78 Å². The Bertz CT molecular complexity index is 1040. The molecule has 0 unspecified atom stereocenters. The van der Waals surface area contributed by atoms with Gasteiger partial charge in [0.05, 0.1) is 0 Å². The van der Waals surface area contributed by atoms with Gasteiger partial charge in [0.1, 0.15) is 5.65 Å². The predicted molar refractivity (Wildman–Crippen MR) is 100 cm³/mol. The number of carbonyl (C=O) groups excluding carboxylic acids is 1. The molecular weight excluding hydrogens is 312 g/mol. The zero-order chi connectivity index (χ0) is 17.2. The van der Waals surface area contributed by atoms with Crippen LogP contribution in [0.3, 0.4) is 0 Å². The highest BCUT2D eigenvalue weighted by Crippen LogP contribution is 2.27. The number of benzene rings is 2. The highest BCUT2D eigenvalue weighted by molar-refractivity contribution is 5.89. The van der Waals surface area contributed by atoms with Gasteiger partial charge >= 0.3 is 6.03 Å². The monoisotopic (exact) mass is 328 g/mol. The number of carbonyl (C=O) groups is 1. The van der Waals surface area contributed by atoms with Crippen molar-refractivity contribution < 1.29 is 4.79 Å². The van der Waals surface area contributed by atoms with Crippen LogP contribution in [0.4, 0.5) is 10.5 Å². The molecule has 4 aromatic rings. The van der Waals surface area contributed by atoms with Crippen molar-refractivity contribution in [2.24, 2.45) is 5.73 Å². The lowest BCUT2D eigenvalue weighted by Gasteiger charge is -2.04. The summed E-state index contributed by atoms with van der Waals surface area (Å²) in [6.45, 7) is 0. The van der Waals surface area contributed by atoms with Crippen molar-refractivity contribution in [3.8, 4) is 22.4 Å². The second-order valence-electron chi connectivity index (χ2n) is 5.78. The molecule has 25 heavy (non-hydrogen) atoms. The Kier molecular flexibility index (Phi) is 3.67. The average molecular weight is 328 g/mol. The van der Waals surface area contributed by atoms with Gasteiger partial charge in [0.15, 0.2) is 0 Å². The molecular formula is C20H16N4O. The van der Waals surface area contributed by atoms with Crippen molar-refractivity contribution in [2.75, 3.05) is 5.32 Å². The lowest BCUT2D eigenvalue weighted by Crippen LogP contribution is -2.19. The number of hydrogen-bond donors (Lipinski definition) is 3. The normalized spacial score (nSPS) is 10.7. The Balaban J connectivity index is 1.68. The van der Waals surface area contributed by atoms with Crippen molar-refractivity contribution in [1.29, 1.82) is 0 Å². The van der Waals surface area contributed by atoms with E-state index in [9.17, 15) is 4.79 Å². The van der Waals surface area contributed by atoms with Gasteiger partial charge in [0.25, 0.3) is 0 Å². The highest BCUT2D eigenvalue weighted by Gasteiger charge is 2.06. The quantitative estimate of drug-likeness (QED) is 0.521. The number of primary amides is 1. The third-order valence-corrected chi connectivity index (χ3v) is 4.04. The van der Waals surface area contributed by atoms with Crippen LogP contribution in [0.2, 0.25) is 0 Å². The SMILES string of the molecule is NC(=O)Nc1ccc(-c2cnc3[nH]c(-c4ccccc4)cc3c2)cc1. The molecule has 122 valence electrons. The van der Waals surface area contributed by atoms with E-state index >= 15 is 0 Å². The van der Waals surface area contributed by atoms with Gasteiger partial charge in [0, 0.05) is 28.5 Å². The van der Waals surface area contributed by atoms with Gasteiger partial charge in [-0.1, -0.05) is 42.5 Å². The molecule has 0 atom stereocenters. The van der Waals surface area contributed by atoms with E-state index < -0.39 is 6.03 Å². The Hall–Kier alpha value is -3.60. The first-order valence-corrected chi connectivity index (χ1v) is 7.90. The summed E-state index contributed by atoms with van der Waals surface area (Å²) in [5, 5.41) is 3.60. The smallest absolute Gasteiger partial charge is 0.316 e. The van der Waals surface area contributed by atoms with Crippen molar-refractivity contribution in [2.45, 2.75) is 0 Å². The van der Waals surface area contributed by atoms with Crippen LogP contribution in [0, 0.1) is 0 Å². The number of pyridine rings is 1. The third kappa shape index (κ3) is 3.07. The Morgan fingerprint density at radius 1 is 0.920 bits per heavy atom. The van der Waals surface area contributed by atoms with E-state index in [0.29, 0.717) is 5.69 Å². The van der Waals surface area contributed by atoms with Crippen molar-refractivity contribution in [3.05, 3.63) is 72.9 Å². The molecule has 4 rings (SSSR count). The van der Waals surface area contributed by atoms with Crippen molar-refractivity contribution >= 4 is 22.8 Å². The van der Waals surface area contributed by atoms with Gasteiger partial charge in [-0.2, -0.15) is 0 Å². The summed E-state index contributed by atoms with van der Waals surface area (Å²) in [6, 6.07) is 21.3. The Morgan fingerprint density at radius 2 is 1.68 bits per heavy atom. The maximum atomic E-state index is 10.9. The van der Waals surface area contributed by atoms with E-state index in [1.165, 1.54) is 0 Å². The molecule has 0 saturated carbocycles. The highest BCUT2D eigenvalue weighted by atomic mass is 16.2. The lowest BCUT2D eigenvalue weighted by atomic mass is 10.1. The van der Waals surface area contributed by atoms with Gasteiger partial charge in [-0.15, -0.1) is 0 Å². The number of rotatable bonds is 3. The number of hydrogen-bond acceptors (Lipinski definition) is 2. The molecule has 2 amide bonds. The number of H-pyrrole nitrogens is 1. The molecule has 0 aliphatic heterocycles. The van der Waals surface area contributed by atoms with Gasteiger partial charge in [0.2, 0.25) is 0 Å². The molecule has 0 aliphatic carbocycles. The summed E-state index contributed by atoms with van der Waals surface area (Å²) in [5.74, 6) is 0. The average Bonchev–Trinajstić information content (AvgIpc) is 3.06. The number of nitrogens with two attached hydrogens (primary N) is 1. The number of nitrogens with one attached hydrogen (secondary N) is 2. The lowest BCUT2D eigenvalue weighted by molar-refractivity contribution is 0.259. The molecule has 0 saturated heterocycles. The van der Waals surface area contributed by atoms with Gasteiger partial charge in [-0.3, -0.25) is 0 Å². The molecule has 0 radical (unpaired) electrons. The first-order chi connectivity index (χ1) is 12.2. The van der Waals surface area contributed by atoms with Crippen LogP contribution < -0.4 is 11.1 Å². The van der Waals surface area contributed by atoms with Crippen LogP contribution in [0.1, 0.15) is 0 Å². The zero-order valence-corrected chi connectivity index (χ0v) is 13.4. The van der Waals surface area contributed by atoms with Crippen LogP contribution in [0.15, 0.2) is 72.9 Å². The van der Waals surface area contributed by atoms with Gasteiger partial charge in [-0.05, 0) is 35.4 Å². The second-order valence-corrected chi connectivity index (χ2v) is 5.78. The summed E-state index contributed by atoms with van der Waals surface area (Å²) < 4.78 is 0. The predicted octanol–water partition coefficient (Wildman–Crippen LogP) is 4.39. The molecule has 0 bridgehead atoms. The van der Waals surface area contributed by atoms with E-state index in [0.717, 1.165) is 33.4 Å². The molecule has 0 aliphatic rings. The number of aromatic amines is 1. The van der Waals surface area contributed by atoms with E-state index in [1.54, 1.807) is 0 Å². The maximum Gasteiger partial charge on any atom is 0.316 e. The fraction of sp³-hybridized carbons (Fsp3) is 0. The topological polar surface area (TPSA) is 83.8 Å². The van der Waals surface area contributed by atoms with Crippen LogP contribution in [0.25, 0.3) is 33.4 Å². The van der Waals surface area contributed by atoms with Crippen molar-refractivity contribution in [1.82, 2.24) is 9.97 Å². The summed E-state index contributed by atoms with van der Waals surface area (Å²) in [5.41, 5.74) is 10.8. The minimum absolute atomic E-state index is 0.573. The number of anilines is 1. The summed E-state index contributed by atoms with van der Waals surface area (Å²) in [6.07, 6.45) is 1.84. The van der Waals surface area contributed by atoms with E-state index in [1.807, 2.05) is 48.7 Å². The van der Waals surface area contributed by atoms with Crippen LogP contribution in [-0.2, 0) is 0 Å². The van der Waals surface area contributed by atoms with Crippen LogP contribution in [-0.4, -0.2) is 16.0 Å². The summed E-state index contributed by atoms with van der Waals surface area (Å²) >= 11 is 0. The minimum Gasteiger partial charge on any atom is -0.351 e. The first-order valence-electron chi connectivity index (χ1n) is 7.90. The Labute approximate surface area is 144 Å². The zero-order valence-electron chi connectivity index (χ0n) is 13.4. The summed E-state index contributed by atoms with van der Waals surface area (Å²) in [4.78, 5) is 18.8. The molecule has 0 fully saturated rings. The number of fused-ring (bicyclic) bond motifs is 1. The fourth-order valence-electron chi connectivity index (χ4n) is 2.83. The van der Waals surface area contributed by atoms with Gasteiger partial charge < -0.3 is 16.0 Å². The number of nitrogens with zero attached hydrogens (tertiary/aromatic N) is 1. The standard InChI is InChI=1S/C20H16N4O/c21-20(25)23-17-8-6-13(7-9-17)16-10-15-11-18(24-19(15)22-12-16)14-4-2-1-3-5-14/h1-12H,(H,22,24)(H3,21,23,25). The largest absolute Gasteiger partial charge is 0.351 e. The molecule has 5 nitrogen and oxygen atoms in total. The molecule has 5 heteroatoms. The Morgan fingerprint density at radius 3 is 2.40 bits per heavy atom. The molecule has 2 aromatic carbocycles. The number of aromatic nitrogens is 2. The van der Waals surface area contributed by atoms with E-state index in [2.05, 4.69) is 39.6 Å². The molecule has 4 N–H and O–H groups in total. The molecule has 2 aromatic heterocycles. The number of amides is 2. The van der Waals surface area contributed by atoms with Crippen LogP contribution >= 0.6 is 0 Å². The van der Waals surface area contributed by atoms with E-state index in [4.69, 9.17) is 5.73 Å². The maximum absolute atomic E-state index is 10.9. The third-order valence-electron chi connectivity index (χ3n) is 4.04. The van der Waals surface area contributed by atoms with Crippen LogP contribution in [0.5, 0.6) is 0 Å². The second kappa shape index (κ2) is 6.13. The number of urea groups is 1. The first kappa shape index (κ1) is 15.0. The van der Waals surface area contributed by atoms with Crippen molar-refractivity contribution in [3.63, 3.8) is 0 Å². The van der Waals surface area contributed by atoms with E-state index in [-0.39, 0.29) is 0 Å². The minimum atomic E-state index is -0.573. The fourth-order valence-corrected chi connectivity index (χ4v) is 2.83. The molecule has 2 heterocycles. The molecule has 0 spiro atoms.